The molecule has 0 bridgehead atoms. The summed E-state index contributed by atoms with van der Waals surface area (Å²) in [5.74, 6) is 0.0566. The van der Waals surface area contributed by atoms with E-state index in [9.17, 15) is 9.18 Å². The van der Waals surface area contributed by atoms with Gasteiger partial charge < -0.3 is 14.5 Å². The molecule has 0 N–H and O–H groups in total. The number of rotatable bonds is 3. The minimum atomic E-state index is -0.809. The third kappa shape index (κ3) is 5.76. The Balaban J connectivity index is 2.38. The number of hydrogen-bond acceptors (Lipinski definition) is 3. The molecular formula is C14H27FN2O2. The van der Waals surface area contributed by atoms with E-state index in [1.165, 1.54) is 0 Å². The van der Waals surface area contributed by atoms with E-state index < -0.39 is 11.8 Å². The fourth-order valence-electron chi connectivity index (χ4n) is 2.27. The second-order valence-corrected chi connectivity index (χ2v) is 6.58. The first-order valence-corrected chi connectivity index (χ1v) is 6.96. The Kier molecular flexibility index (Phi) is 5.59. The van der Waals surface area contributed by atoms with Gasteiger partial charge in [0.25, 0.3) is 0 Å². The van der Waals surface area contributed by atoms with E-state index in [1.54, 1.807) is 4.90 Å². The second-order valence-electron chi connectivity index (χ2n) is 6.58. The molecule has 112 valence electrons. The predicted molar refractivity (Wildman–Crippen MR) is 74.0 cm³/mol. The molecule has 0 aromatic heterocycles. The molecule has 0 saturated carbocycles. The monoisotopic (exact) mass is 274 g/mol. The standard InChI is InChI=1S/C14H27FN2O2/c1-14(2,3)19-13(18)17-8-6-11(7-9-17)12(15)10-16(4)5/h11-12H,6-10H2,1-5H3. The number of hydrogen-bond donors (Lipinski definition) is 0. The molecule has 0 aromatic rings. The van der Waals surface area contributed by atoms with Gasteiger partial charge in [-0.1, -0.05) is 0 Å². The lowest BCUT2D eigenvalue weighted by molar-refractivity contribution is 0.0134. The lowest BCUT2D eigenvalue weighted by Gasteiger charge is -2.35. The minimum Gasteiger partial charge on any atom is -0.444 e. The molecule has 0 aliphatic carbocycles. The molecule has 1 aliphatic heterocycles. The maximum Gasteiger partial charge on any atom is 0.410 e. The van der Waals surface area contributed by atoms with Gasteiger partial charge in [-0.25, -0.2) is 9.18 Å². The molecule has 0 aromatic carbocycles. The van der Waals surface area contributed by atoms with Crippen molar-refractivity contribution in [3.63, 3.8) is 0 Å². The highest BCUT2D eigenvalue weighted by Gasteiger charge is 2.30. The Hall–Kier alpha value is -0.840. The summed E-state index contributed by atoms with van der Waals surface area (Å²) >= 11 is 0. The summed E-state index contributed by atoms with van der Waals surface area (Å²) in [4.78, 5) is 15.4. The fraction of sp³-hybridized carbons (Fsp3) is 0.929. The van der Waals surface area contributed by atoms with Crippen LogP contribution in [0.15, 0.2) is 0 Å². The van der Waals surface area contributed by atoms with Crippen molar-refractivity contribution in [3.05, 3.63) is 0 Å². The van der Waals surface area contributed by atoms with Gasteiger partial charge in [0.2, 0.25) is 0 Å². The zero-order valence-electron chi connectivity index (χ0n) is 12.8. The van der Waals surface area contributed by atoms with Crippen molar-refractivity contribution in [2.45, 2.75) is 45.4 Å². The van der Waals surface area contributed by atoms with Gasteiger partial charge in [0.05, 0.1) is 0 Å². The summed E-state index contributed by atoms with van der Waals surface area (Å²) in [6.07, 6.45) is 0.340. The number of ether oxygens (including phenoxy) is 1. The van der Waals surface area contributed by atoms with Crippen molar-refractivity contribution in [2.24, 2.45) is 5.92 Å². The molecule has 0 radical (unpaired) electrons. The lowest BCUT2D eigenvalue weighted by Crippen LogP contribution is -2.44. The van der Waals surface area contributed by atoms with Crippen LogP contribution in [-0.2, 0) is 4.74 Å². The minimum absolute atomic E-state index is 0.0566. The SMILES string of the molecule is CN(C)CC(F)C1CCN(C(=O)OC(C)(C)C)CC1. The van der Waals surface area contributed by atoms with Crippen LogP contribution in [0.2, 0.25) is 0 Å². The van der Waals surface area contributed by atoms with Crippen LogP contribution in [-0.4, -0.2) is 61.4 Å². The number of carbonyl (C=O) groups excluding carboxylic acids is 1. The molecule has 1 unspecified atom stereocenters. The third-order valence-electron chi connectivity index (χ3n) is 3.24. The Bertz CT molecular complexity index is 294. The summed E-state index contributed by atoms with van der Waals surface area (Å²) in [5.41, 5.74) is -0.471. The van der Waals surface area contributed by atoms with Crippen LogP contribution in [0, 0.1) is 5.92 Å². The van der Waals surface area contributed by atoms with E-state index in [0.717, 1.165) is 0 Å². The highest BCUT2D eigenvalue weighted by molar-refractivity contribution is 5.68. The van der Waals surface area contributed by atoms with Crippen molar-refractivity contribution in [3.8, 4) is 0 Å². The van der Waals surface area contributed by atoms with E-state index in [1.807, 2.05) is 39.8 Å². The van der Waals surface area contributed by atoms with Gasteiger partial charge in [-0.3, -0.25) is 0 Å². The molecule has 1 atom stereocenters. The van der Waals surface area contributed by atoms with Crippen LogP contribution in [0.3, 0.4) is 0 Å². The van der Waals surface area contributed by atoms with Gasteiger partial charge in [-0.05, 0) is 53.6 Å². The Morgan fingerprint density at radius 2 is 1.89 bits per heavy atom. The number of amides is 1. The van der Waals surface area contributed by atoms with E-state index in [4.69, 9.17) is 4.74 Å². The number of alkyl halides is 1. The van der Waals surface area contributed by atoms with Crippen LogP contribution in [0.1, 0.15) is 33.6 Å². The number of carbonyl (C=O) groups is 1. The Labute approximate surface area is 115 Å². The first-order valence-electron chi connectivity index (χ1n) is 6.96. The first kappa shape index (κ1) is 16.2. The zero-order chi connectivity index (χ0) is 14.6. The maximum atomic E-state index is 14.0. The van der Waals surface area contributed by atoms with Gasteiger partial charge in [-0.15, -0.1) is 0 Å². The molecule has 1 amide bonds. The van der Waals surface area contributed by atoms with Crippen molar-refractivity contribution in [2.75, 3.05) is 33.7 Å². The molecule has 1 aliphatic rings. The molecule has 0 spiro atoms. The second kappa shape index (κ2) is 6.55. The normalized spacial score (nSPS) is 19.6. The molecule has 19 heavy (non-hydrogen) atoms. The van der Waals surface area contributed by atoms with E-state index >= 15 is 0 Å². The predicted octanol–water partition coefficient (Wildman–Crippen LogP) is 2.53. The van der Waals surface area contributed by atoms with Crippen molar-refractivity contribution < 1.29 is 13.9 Å². The van der Waals surface area contributed by atoms with Crippen LogP contribution >= 0.6 is 0 Å². The summed E-state index contributed by atoms with van der Waals surface area (Å²) in [7, 11) is 3.75. The van der Waals surface area contributed by atoms with Gasteiger partial charge in [0, 0.05) is 19.6 Å². The average molecular weight is 274 g/mol. The fourth-order valence-corrected chi connectivity index (χ4v) is 2.27. The van der Waals surface area contributed by atoms with E-state index in [2.05, 4.69) is 0 Å². The number of halogens is 1. The largest absolute Gasteiger partial charge is 0.444 e. The van der Waals surface area contributed by atoms with E-state index in [-0.39, 0.29) is 12.0 Å². The highest BCUT2D eigenvalue weighted by atomic mass is 19.1. The quantitative estimate of drug-likeness (QED) is 0.793. The average Bonchev–Trinajstić information content (AvgIpc) is 2.26. The van der Waals surface area contributed by atoms with Gasteiger partial charge in [-0.2, -0.15) is 0 Å². The smallest absolute Gasteiger partial charge is 0.410 e. The molecule has 1 saturated heterocycles. The molecule has 1 rings (SSSR count). The molecular weight excluding hydrogens is 247 g/mol. The summed E-state index contributed by atoms with van der Waals surface area (Å²) in [5, 5.41) is 0. The van der Waals surface area contributed by atoms with Crippen molar-refractivity contribution in [1.82, 2.24) is 9.80 Å². The van der Waals surface area contributed by atoms with Gasteiger partial charge in [0.15, 0.2) is 0 Å². The van der Waals surface area contributed by atoms with Crippen LogP contribution in [0.4, 0.5) is 9.18 Å². The Morgan fingerprint density at radius 3 is 2.32 bits per heavy atom. The number of piperidine rings is 1. The zero-order valence-corrected chi connectivity index (χ0v) is 12.8. The van der Waals surface area contributed by atoms with Crippen LogP contribution < -0.4 is 0 Å². The highest BCUT2D eigenvalue weighted by Crippen LogP contribution is 2.24. The number of nitrogens with zero attached hydrogens (tertiary/aromatic N) is 2. The molecule has 5 heteroatoms. The van der Waals surface area contributed by atoms with E-state index in [0.29, 0.717) is 32.5 Å². The van der Waals surface area contributed by atoms with Crippen LogP contribution in [0.5, 0.6) is 0 Å². The first-order chi connectivity index (χ1) is 8.69. The number of likely N-dealkylation sites (tertiary alicyclic amines) is 1. The summed E-state index contributed by atoms with van der Waals surface area (Å²) in [6, 6.07) is 0. The maximum absolute atomic E-state index is 14.0. The summed E-state index contributed by atoms with van der Waals surface area (Å²) in [6.45, 7) is 7.20. The van der Waals surface area contributed by atoms with Crippen molar-refractivity contribution in [1.29, 1.82) is 0 Å². The van der Waals surface area contributed by atoms with Crippen molar-refractivity contribution >= 4 is 6.09 Å². The topological polar surface area (TPSA) is 32.8 Å². The molecule has 1 fully saturated rings. The third-order valence-corrected chi connectivity index (χ3v) is 3.24. The lowest BCUT2D eigenvalue weighted by atomic mass is 9.92. The Morgan fingerprint density at radius 1 is 1.37 bits per heavy atom. The summed E-state index contributed by atoms with van der Waals surface area (Å²) < 4.78 is 19.3. The molecule has 1 heterocycles. The van der Waals surface area contributed by atoms with Gasteiger partial charge >= 0.3 is 6.09 Å². The van der Waals surface area contributed by atoms with Gasteiger partial charge in [0.1, 0.15) is 11.8 Å². The van der Waals surface area contributed by atoms with Crippen LogP contribution in [0.25, 0.3) is 0 Å². The molecule has 4 nitrogen and oxygen atoms in total.